The Morgan fingerprint density at radius 3 is 2.17 bits per heavy atom. The number of β-lactam (4-membered cyclic amide) rings is 1. The molecule has 3 amide bonds. The van der Waals surface area contributed by atoms with Crippen molar-refractivity contribution in [2.45, 2.75) is 29.4 Å². The van der Waals surface area contributed by atoms with Gasteiger partial charge >= 0.3 is 12.1 Å². The van der Waals surface area contributed by atoms with Crippen molar-refractivity contribution in [2.75, 3.05) is 12.3 Å². The van der Waals surface area contributed by atoms with Crippen LogP contribution < -0.4 is 16.8 Å². The smallest absolute Gasteiger partial charge is 0.404 e. The highest BCUT2D eigenvalue weighted by atomic mass is 32.2. The Bertz CT molecular complexity index is 1490. The van der Waals surface area contributed by atoms with E-state index in [9.17, 15) is 24.3 Å². The highest BCUT2D eigenvalue weighted by Gasteiger charge is 2.50. The second-order valence-corrected chi connectivity index (χ2v) is 10.9. The van der Waals surface area contributed by atoms with Gasteiger partial charge in [-0.1, -0.05) is 72.8 Å². The lowest BCUT2D eigenvalue weighted by molar-refractivity contribution is -0.152. The molecule has 0 saturated carbocycles. The van der Waals surface area contributed by atoms with Gasteiger partial charge in [0.2, 0.25) is 5.91 Å². The number of thioether (sulfide) groups is 1. The Balaban J connectivity index is 1.50. The van der Waals surface area contributed by atoms with Crippen LogP contribution in [0.2, 0.25) is 0 Å². The number of esters is 1. The van der Waals surface area contributed by atoms with Gasteiger partial charge < -0.3 is 31.4 Å². The van der Waals surface area contributed by atoms with E-state index in [4.69, 9.17) is 20.9 Å². The van der Waals surface area contributed by atoms with Crippen LogP contribution in [0.4, 0.5) is 10.5 Å². The average molecular weight is 589 g/mol. The van der Waals surface area contributed by atoms with Gasteiger partial charge in [0, 0.05) is 11.3 Å². The molecule has 0 spiro atoms. The van der Waals surface area contributed by atoms with Crippen molar-refractivity contribution in [1.82, 2.24) is 10.2 Å². The fourth-order valence-corrected chi connectivity index (χ4v) is 6.19. The number of hydrogen-bond acceptors (Lipinski definition) is 9. The first-order valence-electron chi connectivity index (χ1n) is 13.0. The number of ether oxygens (including phenoxy) is 2. The van der Waals surface area contributed by atoms with Crippen molar-refractivity contribution < 1.29 is 33.8 Å². The normalized spacial score (nSPS) is 18.5. The van der Waals surface area contributed by atoms with E-state index in [2.05, 4.69) is 5.32 Å². The van der Waals surface area contributed by atoms with Gasteiger partial charge in [-0.15, -0.1) is 11.8 Å². The molecule has 2 aliphatic heterocycles. The van der Waals surface area contributed by atoms with E-state index in [-0.39, 0.29) is 29.2 Å². The number of primary amides is 1. The van der Waals surface area contributed by atoms with Crippen LogP contribution in [-0.4, -0.2) is 51.2 Å². The third-order valence-corrected chi connectivity index (χ3v) is 8.17. The van der Waals surface area contributed by atoms with Gasteiger partial charge in [0.05, 0.1) is 11.8 Å². The highest BCUT2D eigenvalue weighted by Crippen LogP contribution is 2.44. The van der Waals surface area contributed by atoms with E-state index in [1.54, 1.807) is 18.2 Å². The minimum absolute atomic E-state index is 0.0844. The minimum Gasteiger partial charge on any atom is -0.448 e. The molecule has 216 valence electrons. The molecule has 3 aromatic carbocycles. The molecule has 2 heterocycles. The molecular weight excluding hydrogens is 560 g/mol. The number of rotatable bonds is 9. The second-order valence-electron chi connectivity index (χ2n) is 9.61. The molecule has 1 fully saturated rings. The molecule has 6 N–H and O–H groups in total. The maximum atomic E-state index is 13.9. The molecule has 0 aliphatic carbocycles. The second kappa shape index (κ2) is 12.4. The summed E-state index contributed by atoms with van der Waals surface area (Å²) in [5.41, 5.74) is 13.0. The van der Waals surface area contributed by atoms with Crippen LogP contribution in [-0.2, 0) is 23.9 Å². The van der Waals surface area contributed by atoms with Crippen molar-refractivity contribution >= 4 is 41.3 Å². The number of hydrogen-bond donors (Lipinski definition) is 4. The Labute approximate surface area is 245 Å². The first-order chi connectivity index (χ1) is 20.2. The molecule has 2 unspecified atom stereocenters. The lowest BCUT2D eigenvalue weighted by atomic mass is 10.0. The zero-order chi connectivity index (χ0) is 29.8. The summed E-state index contributed by atoms with van der Waals surface area (Å²) in [5.74, 6) is -1.98. The maximum absolute atomic E-state index is 13.9. The number of nitrogens with two attached hydrogens (primary N) is 2. The minimum atomic E-state index is -1.58. The lowest BCUT2D eigenvalue weighted by Gasteiger charge is -2.47. The summed E-state index contributed by atoms with van der Waals surface area (Å²) in [6.07, 6.45) is -3.41. The molecule has 1 saturated heterocycles. The number of amides is 3. The van der Waals surface area contributed by atoms with Gasteiger partial charge in [0.15, 0.2) is 12.2 Å². The summed E-state index contributed by atoms with van der Waals surface area (Å²) in [7, 11) is 0. The topological polar surface area (TPSA) is 174 Å². The van der Waals surface area contributed by atoms with Crippen LogP contribution >= 0.6 is 11.8 Å². The number of carbonyl (C=O) groups is 4. The third kappa shape index (κ3) is 6.09. The molecule has 12 heteroatoms. The van der Waals surface area contributed by atoms with Crippen molar-refractivity contribution in [3.63, 3.8) is 0 Å². The number of fused-ring (bicyclic) bond motifs is 1. The predicted octanol–water partition coefficient (Wildman–Crippen LogP) is 2.73. The Morgan fingerprint density at radius 1 is 0.976 bits per heavy atom. The van der Waals surface area contributed by atoms with Gasteiger partial charge in [0.25, 0.3) is 5.91 Å². The van der Waals surface area contributed by atoms with Gasteiger partial charge in [-0.25, -0.2) is 9.59 Å². The van der Waals surface area contributed by atoms with E-state index in [0.29, 0.717) is 16.8 Å². The largest absolute Gasteiger partial charge is 0.448 e. The lowest BCUT2D eigenvalue weighted by Crippen LogP contribution is -2.58. The molecule has 0 radical (unpaired) electrons. The Kier molecular flexibility index (Phi) is 8.46. The number of benzene rings is 3. The number of carbonyl (C=O) groups excluding carboxylic acids is 4. The number of anilines is 1. The fraction of sp³-hybridized carbons (Fsp3) is 0.200. The standard InChI is InChI=1S/C30H28N4O7S/c31-20-13-7-12-19(14-20)25(36)27(37)33-28-21(16-40-30(32)39)24(34-22(35)15-23(34)42-28)29(38)41-26(17-8-3-1-4-9-17)18-10-5-2-6-11-18/h1-14,23,25-26,28,36H,15-16,31H2,(H2,32,39)(H,33,37)/t23-,25?,28?/m0/s1. The molecule has 42 heavy (non-hydrogen) atoms. The summed E-state index contributed by atoms with van der Waals surface area (Å²) in [6.45, 7) is -0.510. The van der Waals surface area contributed by atoms with Gasteiger partial charge in [-0.3, -0.25) is 14.5 Å². The molecule has 0 bridgehead atoms. The summed E-state index contributed by atoms with van der Waals surface area (Å²) in [4.78, 5) is 52.7. The van der Waals surface area contributed by atoms with E-state index in [1.165, 1.54) is 11.0 Å². The van der Waals surface area contributed by atoms with Gasteiger partial charge in [-0.05, 0) is 28.8 Å². The number of aliphatic hydroxyl groups excluding tert-OH is 1. The fourth-order valence-electron chi connectivity index (χ4n) is 4.76. The SMILES string of the molecule is NC(=O)OCC1=C(C(=O)OC(c2ccccc2)c2ccccc2)N2C(=O)C[C@@H]2SC1NC(=O)C(O)c1cccc(N)c1. The van der Waals surface area contributed by atoms with Crippen molar-refractivity contribution in [2.24, 2.45) is 5.73 Å². The van der Waals surface area contributed by atoms with Crippen LogP contribution in [0.5, 0.6) is 0 Å². The quantitative estimate of drug-likeness (QED) is 0.166. The summed E-state index contributed by atoms with van der Waals surface area (Å²) >= 11 is 1.16. The zero-order valence-corrected chi connectivity index (χ0v) is 23.0. The molecule has 3 aromatic rings. The maximum Gasteiger partial charge on any atom is 0.404 e. The first kappa shape index (κ1) is 28.7. The summed E-state index contributed by atoms with van der Waals surface area (Å²) in [6, 6.07) is 24.4. The van der Waals surface area contributed by atoms with Crippen LogP contribution in [0.15, 0.2) is 96.2 Å². The molecule has 5 rings (SSSR count). The number of aliphatic hydroxyl groups is 1. The summed E-state index contributed by atoms with van der Waals surface area (Å²) < 4.78 is 11.1. The molecule has 2 aliphatic rings. The summed E-state index contributed by atoms with van der Waals surface area (Å²) in [5, 5.41) is 12.0. The van der Waals surface area contributed by atoms with Crippen LogP contribution in [0, 0.1) is 0 Å². The number of nitrogens with one attached hydrogen (secondary N) is 1. The van der Waals surface area contributed by atoms with E-state index in [1.807, 2.05) is 60.7 Å². The van der Waals surface area contributed by atoms with Crippen LogP contribution in [0.3, 0.4) is 0 Å². The molecule has 0 aromatic heterocycles. The van der Waals surface area contributed by atoms with Crippen LogP contribution in [0.1, 0.15) is 35.3 Å². The molecule has 11 nitrogen and oxygen atoms in total. The van der Waals surface area contributed by atoms with E-state index >= 15 is 0 Å². The molecular formula is C30H28N4O7S. The number of nitrogens with zero attached hydrogens (tertiary/aromatic N) is 1. The number of nitrogen functional groups attached to an aromatic ring is 1. The average Bonchev–Trinajstić information content (AvgIpc) is 2.98. The highest BCUT2D eigenvalue weighted by molar-refractivity contribution is 8.00. The third-order valence-electron chi connectivity index (χ3n) is 6.80. The zero-order valence-electron chi connectivity index (χ0n) is 22.2. The van der Waals surface area contributed by atoms with Crippen molar-refractivity contribution in [1.29, 1.82) is 0 Å². The monoisotopic (exact) mass is 588 g/mol. The first-order valence-corrected chi connectivity index (χ1v) is 13.9. The van der Waals surface area contributed by atoms with E-state index < -0.39 is 47.5 Å². The van der Waals surface area contributed by atoms with Gasteiger partial charge in [-0.2, -0.15) is 0 Å². The molecule has 3 atom stereocenters. The van der Waals surface area contributed by atoms with E-state index in [0.717, 1.165) is 11.8 Å². The predicted molar refractivity (Wildman–Crippen MR) is 154 cm³/mol. The Hall–Kier alpha value is -4.81. The van der Waals surface area contributed by atoms with Crippen LogP contribution in [0.25, 0.3) is 0 Å². The van der Waals surface area contributed by atoms with Crippen molar-refractivity contribution in [3.05, 3.63) is 113 Å². The van der Waals surface area contributed by atoms with Gasteiger partial charge in [0.1, 0.15) is 17.7 Å². The Morgan fingerprint density at radius 2 is 1.60 bits per heavy atom. The van der Waals surface area contributed by atoms with Crippen molar-refractivity contribution in [3.8, 4) is 0 Å².